The van der Waals surface area contributed by atoms with Crippen molar-refractivity contribution in [1.29, 1.82) is 0 Å². The van der Waals surface area contributed by atoms with Crippen molar-refractivity contribution in [3.05, 3.63) is 29.8 Å². The molecule has 0 aromatic heterocycles. The first-order valence-electron chi connectivity index (χ1n) is 3.95. The molecule has 0 amide bonds. The van der Waals surface area contributed by atoms with Crippen LogP contribution in [0.5, 0.6) is 5.75 Å². The zero-order valence-corrected chi connectivity index (χ0v) is 6.84. The normalized spacial score (nSPS) is 23.8. The maximum Gasteiger partial charge on any atom is 0.134 e. The maximum atomic E-state index is 9.40. The fraction of sp³-hybridized carbons (Fsp3) is 0.222. The van der Waals surface area contributed by atoms with E-state index >= 15 is 0 Å². The fourth-order valence-electron chi connectivity index (χ4n) is 1.35. The SMILES string of the molecule is O/N=C1\c2ccccc2OCC1O. The Balaban J connectivity index is 2.52. The van der Waals surface area contributed by atoms with Gasteiger partial charge in [0.2, 0.25) is 0 Å². The van der Waals surface area contributed by atoms with Crippen molar-refractivity contribution in [2.45, 2.75) is 6.10 Å². The second-order valence-corrected chi connectivity index (χ2v) is 2.81. The molecule has 1 aliphatic rings. The van der Waals surface area contributed by atoms with Crippen LogP contribution in [-0.4, -0.2) is 28.7 Å². The van der Waals surface area contributed by atoms with E-state index in [-0.39, 0.29) is 12.3 Å². The van der Waals surface area contributed by atoms with Crippen molar-refractivity contribution in [3.8, 4) is 5.75 Å². The number of oxime groups is 1. The first kappa shape index (κ1) is 8.07. The van der Waals surface area contributed by atoms with Crippen molar-refractivity contribution < 1.29 is 15.1 Å². The topological polar surface area (TPSA) is 62.1 Å². The average Bonchev–Trinajstić information content (AvgIpc) is 2.18. The molecule has 0 aliphatic carbocycles. The molecule has 0 saturated heterocycles. The lowest BCUT2D eigenvalue weighted by Crippen LogP contribution is -2.33. The highest BCUT2D eigenvalue weighted by Gasteiger charge is 2.24. The summed E-state index contributed by atoms with van der Waals surface area (Å²) < 4.78 is 5.23. The molecule has 1 atom stereocenters. The number of aliphatic hydroxyl groups is 1. The number of ether oxygens (including phenoxy) is 1. The van der Waals surface area contributed by atoms with Crippen molar-refractivity contribution in [1.82, 2.24) is 0 Å². The van der Waals surface area contributed by atoms with Crippen LogP contribution in [0.1, 0.15) is 5.56 Å². The van der Waals surface area contributed by atoms with Gasteiger partial charge in [0.15, 0.2) is 0 Å². The third kappa shape index (κ3) is 1.25. The van der Waals surface area contributed by atoms with E-state index in [9.17, 15) is 5.11 Å². The molecule has 0 radical (unpaired) electrons. The van der Waals surface area contributed by atoms with Gasteiger partial charge in [-0.15, -0.1) is 0 Å². The van der Waals surface area contributed by atoms with E-state index in [0.717, 1.165) is 0 Å². The zero-order valence-electron chi connectivity index (χ0n) is 6.84. The van der Waals surface area contributed by atoms with Crippen LogP contribution in [0.2, 0.25) is 0 Å². The van der Waals surface area contributed by atoms with Gasteiger partial charge in [-0.25, -0.2) is 0 Å². The summed E-state index contributed by atoms with van der Waals surface area (Å²) in [4.78, 5) is 0. The van der Waals surface area contributed by atoms with Gasteiger partial charge in [0.05, 0.1) is 0 Å². The van der Waals surface area contributed by atoms with Gasteiger partial charge in [0, 0.05) is 5.56 Å². The summed E-state index contributed by atoms with van der Waals surface area (Å²) in [7, 11) is 0. The van der Waals surface area contributed by atoms with Crippen LogP contribution < -0.4 is 4.74 Å². The van der Waals surface area contributed by atoms with Gasteiger partial charge in [-0.05, 0) is 12.1 Å². The van der Waals surface area contributed by atoms with E-state index in [4.69, 9.17) is 9.94 Å². The predicted octanol–water partition coefficient (Wildman–Crippen LogP) is 0.618. The number of fused-ring (bicyclic) bond motifs is 1. The van der Waals surface area contributed by atoms with Crippen molar-refractivity contribution in [2.24, 2.45) is 5.16 Å². The number of rotatable bonds is 0. The van der Waals surface area contributed by atoms with Gasteiger partial charge in [0.25, 0.3) is 0 Å². The summed E-state index contributed by atoms with van der Waals surface area (Å²) in [6.07, 6.45) is -0.847. The molecule has 4 nitrogen and oxygen atoms in total. The molecule has 0 saturated carbocycles. The minimum absolute atomic E-state index is 0.135. The Morgan fingerprint density at radius 3 is 2.92 bits per heavy atom. The van der Waals surface area contributed by atoms with E-state index in [1.807, 2.05) is 6.07 Å². The monoisotopic (exact) mass is 179 g/mol. The number of aliphatic hydroxyl groups excluding tert-OH is 1. The van der Waals surface area contributed by atoms with E-state index in [2.05, 4.69) is 5.16 Å². The van der Waals surface area contributed by atoms with Crippen LogP contribution in [0.3, 0.4) is 0 Å². The van der Waals surface area contributed by atoms with Crippen LogP contribution in [0.15, 0.2) is 29.4 Å². The van der Waals surface area contributed by atoms with E-state index in [0.29, 0.717) is 11.3 Å². The highest BCUT2D eigenvalue weighted by Crippen LogP contribution is 2.24. The van der Waals surface area contributed by atoms with Crippen LogP contribution in [0.25, 0.3) is 0 Å². The molecule has 1 aromatic carbocycles. The minimum atomic E-state index is -0.847. The molecule has 13 heavy (non-hydrogen) atoms. The van der Waals surface area contributed by atoms with Crippen LogP contribution in [-0.2, 0) is 0 Å². The minimum Gasteiger partial charge on any atom is -0.490 e. The quantitative estimate of drug-likeness (QED) is 0.453. The summed E-state index contributed by atoms with van der Waals surface area (Å²) >= 11 is 0. The zero-order chi connectivity index (χ0) is 9.26. The first-order valence-corrected chi connectivity index (χ1v) is 3.95. The lowest BCUT2D eigenvalue weighted by Gasteiger charge is -2.22. The Kier molecular flexibility index (Phi) is 1.90. The Morgan fingerprint density at radius 1 is 1.38 bits per heavy atom. The van der Waals surface area contributed by atoms with Crippen LogP contribution in [0.4, 0.5) is 0 Å². The molecule has 0 bridgehead atoms. The molecular formula is C9H9NO3. The number of nitrogens with zero attached hydrogens (tertiary/aromatic N) is 1. The number of hydrogen-bond donors (Lipinski definition) is 2. The molecule has 1 aromatic rings. The van der Waals surface area contributed by atoms with E-state index in [1.54, 1.807) is 18.2 Å². The van der Waals surface area contributed by atoms with Gasteiger partial charge < -0.3 is 15.1 Å². The molecular weight excluding hydrogens is 170 g/mol. The maximum absolute atomic E-state index is 9.40. The van der Waals surface area contributed by atoms with Crippen molar-refractivity contribution in [2.75, 3.05) is 6.61 Å². The summed E-state index contributed by atoms with van der Waals surface area (Å²) in [5, 5.41) is 21.1. The average molecular weight is 179 g/mol. The third-order valence-corrected chi connectivity index (χ3v) is 1.98. The van der Waals surface area contributed by atoms with Gasteiger partial charge in [-0.2, -0.15) is 0 Å². The van der Waals surface area contributed by atoms with Gasteiger partial charge in [-0.1, -0.05) is 17.3 Å². The Bertz CT molecular complexity index is 348. The molecule has 1 heterocycles. The summed E-state index contributed by atoms with van der Waals surface area (Å²) in [5.74, 6) is 0.639. The number of hydrogen-bond acceptors (Lipinski definition) is 4. The van der Waals surface area contributed by atoms with E-state index < -0.39 is 6.10 Å². The lowest BCUT2D eigenvalue weighted by atomic mass is 10.0. The summed E-state index contributed by atoms with van der Waals surface area (Å²) in [6, 6.07) is 7.14. The second kappa shape index (κ2) is 3.06. The second-order valence-electron chi connectivity index (χ2n) is 2.81. The van der Waals surface area contributed by atoms with Crippen LogP contribution >= 0.6 is 0 Å². The molecule has 0 spiro atoms. The van der Waals surface area contributed by atoms with Gasteiger partial charge >= 0.3 is 0 Å². The van der Waals surface area contributed by atoms with Crippen molar-refractivity contribution >= 4 is 5.71 Å². The molecule has 1 aliphatic heterocycles. The largest absolute Gasteiger partial charge is 0.490 e. The molecule has 2 N–H and O–H groups in total. The fourth-order valence-corrected chi connectivity index (χ4v) is 1.35. The van der Waals surface area contributed by atoms with Gasteiger partial charge in [0.1, 0.15) is 24.2 Å². The molecule has 0 fully saturated rings. The summed E-state index contributed by atoms with van der Waals surface area (Å²) in [5.41, 5.74) is 0.908. The van der Waals surface area contributed by atoms with Gasteiger partial charge in [-0.3, -0.25) is 0 Å². The lowest BCUT2D eigenvalue weighted by molar-refractivity contribution is 0.146. The standard InChI is InChI=1S/C9H9NO3/c11-7-5-13-8-4-2-1-3-6(8)9(7)10-12/h1-4,7,11-12H,5H2/b10-9+. The highest BCUT2D eigenvalue weighted by molar-refractivity contribution is 6.06. The Morgan fingerprint density at radius 2 is 2.15 bits per heavy atom. The summed E-state index contributed by atoms with van der Waals surface area (Å²) in [6.45, 7) is 0.135. The van der Waals surface area contributed by atoms with Crippen LogP contribution in [0, 0.1) is 0 Å². The smallest absolute Gasteiger partial charge is 0.134 e. The third-order valence-electron chi connectivity index (χ3n) is 1.98. The van der Waals surface area contributed by atoms with Crippen molar-refractivity contribution in [3.63, 3.8) is 0 Å². The molecule has 1 unspecified atom stereocenters. The van der Waals surface area contributed by atoms with E-state index in [1.165, 1.54) is 0 Å². The Labute approximate surface area is 75.1 Å². The molecule has 68 valence electrons. The number of benzene rings is 1. The Hall–Kier alpha value is -1.55. The highest BCUT2D eigenvalue weighted by atomic mass is 16.5. The first-order chi connectivity index (χ1) is 6.33. The molecule has 4 heteroatoms. The molecule has 2 rings (SSSR count). The predicted molar refractivity (Wildman–Crippen MR) is 46.3 cm³/mol. The number of para-hydroxylation sites is 1.